The van der Waals surface area contributed by atoms with Crippen LogP contribution in [-0.2, 0) is 14.3 Å². The molecule has 1 saturated heterocycles. The van der Waals surface area contributed by atoms with E-state index >= 15 is 0 Å². The summed E-state index contributed by atoms with van der Waals surface area (Å²) in [5, 5.41) is 14.7. The molecule has 0 saturated carbocycles. The molecule has 20 heavy (non-hydrogen) atoms. The predicted octanol–water partition coefficient (Wildman–Crippen LogP) is 0.590. The molecule has 1 heterocycles. The van der Waals surface area contributed by atoms with Crippen molar-refractivity contribution in [2.24, 2.45) is 5.41 Å². The quantitative estimate of drug-likeness (QED) is 0.637. The molecule has 0 radical (unpaired) electrons. The van der Waals surface area contributed by atoms with Gasteiger partial charge in [-0.25, -0.2) is 4.79 Å². The molecule has 0 aromatic rings. The van der Waals surface area contributed by atoms with Crippen LogP contribution < -0.4 is 10.6 Å². The molecule has 0 aromatic carbocycles. The molecule has 7 nitrogen and oxygen atoms in total. The topological polar surface area (TPSA) is 96.9 Å². The van der Waals surface area contributed by atoms with Crippen molar-refractivity contribution in [3.05, 3.63) is 0 Å². The molecule has 3 atom stereocenters. The van der Waals surface area contributed by atoms with E-state index in [1.807, 2.05) is 6.92 Å². The Balaban J connectivity index is 2.54. The second-order valence-electron chi connectivity index (χ2n) is 5.35. The average molecular weight is 288 g/mol. The number of urea groups is 1. The maximum absolute atomic E-state index is 11.9. The fourth-order valence-corrected chi connectivity index (χ4v) is 2.22. The minimum absolute atomic E-state index is 0.0802. The largest absolute Gasteiger partial charge is 0.481 e. The number of carbonyl (C=O) groups is 2. The summed E-state index contributed by atoms with van der Waals surface area (Å²) in [5.74, 6) is -0.970. The highest BCUT2D eigenvalue weighted by atomic mass is 16.5. The van der Waals surface area contributed by atoms with Crippen molar-refractivity contribution in [2.75, 3.05) is 26.9 Å². The highest BCUT2D eigenvalue weighted by molar-refractivity contribution is 5.79. The van der Waals surface area contributed by atoms with Crippen LogP contribution >= 0.6 is 0 Å². The monoisotopic (exact) mass is 288 g/mol. The van der Waals surface area contributed by atoms with E-state index in [9.17, 15) is 14.7 Å². The molecule has 0 aliphatic carbocycles. The molecule has 0 spiro atoms. The Hall–Kier alpha value is -1.34. The van der Waals surface area contributed by atoms with E-state index in [1.165, 1.54) is 0 Å². The first kappa shape index (κ1) is 16.7. The van der Waals surface area contributed by atoms with Gasteiger partial charge in [-0.1, -0.05) is 13.3 Å². The molecule has 1 rings (SSSR count). The molecule has 0 bridgehead atoms. The lowest BCUT2D eigenvalue weighted by Crippen LogP contribution is -2.54. The Morgan fingerprint density at radius 3 is 2.80 bits per heavy atom. The number of nitrogens with one attached hydrogen (secondary N) is 2. The van der Waals surface area contributed by atoms with Gasteiger partial charge < -0.3 is 25.2 Å². The number of methoxy groups -OCH3 is 1. The van der Waals surface area contributed by atoms with Crippen molar-refractivity contribution in [3.8, 4) is 0 Å². The highest BCUT2D eigenvalue weighted by Crippen LogP contribution is 2.28. The molecular formula is C13H24N2O5. The second-order valence-corrected chi connectivity index (χ2v) is 5.35. The zero-order valence-corrected chi connectivity index (χ0v) is 12.3. The summed E-state index contributed by atoms with van der Waals surface area (Å²) in [7, 11) is 1.58. The molecule has 2 amide bonds. The van der Waals surface area contributed by atoms with Gasteiger partial charge in [-0.15, -0.1) is 0 Å². The van der Waals surface area contributed by atoms with E-state index in [0.29, 0.717) is 6.61 Å². The predicted molar refractivity (Wildman–Crippen MR) is 72.6 cm³/mol. The van der Waals surface area contributed by atoms with Crippen LogP contribution in [0.15, 0.2) is 0 Å². The molecule has 1 aliphatic rings. The van der Waals surface area contributed by atoms with Gasteiger partial charge in [0.05, 0.1) is 31.9 Å². The zero-order chi connectivity index (χ0) is 15.2. The van der Waals surface area contributed by atoms with Crippen LogP contribution in [0.5, 0.6) is 0 Å². The first-order valence-corrected chi connectivity index (χ1v) is 6.81. The van der Waals surface area contributed by atoms with Gasteiger partial charge in [-0.2, -0.15) is 0 Å². The number of rotatable bonds is 7. The van der Waals surface area contributed by atoms with Crippen molar-refractivity contribution >= 4 is 12.0 Å². The minimum Gasteiger partial charge on any atom is -0.481 e. The smallest absolute Gasteiger partial charge is 0.315 e. The highest BCUT2D eigenvalue weighted by Gasteiger charge is 2.47. The number of aliphatic carboxylic acids is 1. The number of amides is 2. The van der Waals surface area contributed by atoms with Gasteiger partial charge in [0.2, 0.25) is 0 Å². The summed E-state index contributed by atoms with van der Waals surface area (Å²) in [5.41, 5.74) is -1.08. The Morgan fingerprint density at radius 1 is 1.55 bits per heavy atom. The first-order chi connectivity index (χ1) is 9.43. The van der Waals surface area contributed by atoms with Gasteiger partial charge >= 0.3 is 12.0 Å². The van der Waals surface area contributed by atoms with Crippen molar-refractivity contribution < 1.29 is 24.2 Å². The molecule has 3 N–H and O–H groups in total. The third kappa shape index (κ3) is 4.08. The van der Waals surface area contributed by atoms with Gasteiger partial charge in [-0.05, 0) is 13.3 Å². The number of hydrogen-bond acceptors (Lipinski definition) is 4. The van der Waals surface area contributed by atoms with Crippen LogP contribution in [0.25, 0.3) is 0 Å². The lowest BCUT2D eigenvalue weighted by molar-refractivity contribution is -0.148. The SMILES string of the molecule is CCCC(COC)NC(=O)NC1COCC1(C)C(=O)O. The fourth-order valence-electron chi connectivity index (χ4n) is 2.22. The van der Waals surface area contributed by atoms with E-state index in [1.54, 1.807) is 14.0 Å². The molecule has 3 unspecified atom stereocenters. The normalized spacial score (nSPS) is 27.1. The Labute approximate surface area is 119 Å². The molecule has 1 aliphatic heterocycles. The van der Waals surface area contributed by atoms with Crippen molar-refractivity contribution in [1.29, 1.82) is 0 Å². The van der Waals surface area contributed by atoms with Gasteiger partial charge in [-0.3, -0.25) is 4.79 Å². The lowest BCUT2D eigenvalue weighted by Gasteiger charge is -2.26. The standard InChI is InChI=1S/C13H24N2O5/c1-4-5-9(6-19-3)14-12(18)15-10-7-20-8-13(10,2)11(16)17/h9-10H,4-8H2,1-3H3,(H,16,17)(H2,14,15,18). The summed E-state index contributed by atoms with van der Waals surface area (Å²) in [6.07, 6.45) is 1.73. The van der Waals surface area contributed by atoms with Crippen molar-refractivity contribution in [2.45, 2.75) is 38.8 Å². The Kier molecular flexibility index (Phi) is 6.22. The van der Waals surface area contributed by atoms with Crippen LogP contribution in [0, 0.1) is 5.41 Å². The van der Waals surface area contributed by atoms with Gasteiger partial charge in [0, 0.05) is 7.11 Å². The maximum atomic E-state index is 11.9. The molecule has 116 valence electrons. The van der Waals surface area contributed by atoms with Crippen LogP contribution in [0.3, 0.4) is 0 Å². The van der Waals surface area contributed by atoms with Crippen LogP contribution in [0.1, 0.15) is 26.7 Å². The molecule has 1 fully saturated rings. The van der Waals surface area contributed by atoms with Gasteiger partial charge in [0.15, 0.2) is 0 Å². The van der Waals surface area contributed by atoms with E-state index in [0.717, 1.165) is 12.8 Å². The number of ether oxygens (including phenoxy) is 2. The van der Waals surface area contributed by atoms with Crippen LogP contribution in [0.4, 0.5) is 4.79 Å². The fraction of sp³-hybridized carbons (Fsp3) is 0.846. The minimum atomic E-state index is -1.08. The van der Waals surface area contributed by atoms with Crippen LogP contribution in [0.2, 0.25) is 0 Å². The average Bonchev–Trinajstić information content (AvgIpc) is 2.73. The number of carboxylic acids is 1. The Bertz CT molecular complexity index is 344. The van der Waals surface area contributed by atoms with Gasteiger partial charge in [0.25, 0.3) is 0 Å². The van der Waals surface area contributed by atoms with Crippen molar-refractivity contribution in [3.63, 3.8) is 0 Å². The van der Waals surface area contributed by atoms with E-state index in [2.05, 4.69) is 10.6 Å². The van der Waals surface area contributed by atoms with E-state index in [4.69, 9.17) is 9.47 Å². The first-order valence-electron chi connectivity index (χ1n) is 6.81. The summed E-state index contributed by atoms with van der Waals surface area (Å²) in [4.78, 5) is 23.2. The Morgan fingerprint density at radius 2 is 2.25 bits per heavy atom. The van der Waals surface area contributed by atoms with Gasteiger partial charge in [0.1, 0.15) is 5.41 Å². The third-order valence-electron chi connectivity index (χ3n) is 3.59. The van der Waals surface area contributed by atoms with Crippen LogP contribution in [-0.4, -0.2) is 56.1 Å². The number of hydrogen-bond donors (Lipinski definition) is 3. The molecule has 0 aromatic heterocycles. The molecule has 7 heteroatoms. The van der Waals surface area contributed by atoms with E-state index < -0.39 is 17.4 Å². The number of carboxylic acid groups (broad SMARTS) is 1. The summed E-state index contributed by atoms with van der Waals surface area (Å²) in [6.45, 7) is 4.34. The summed E-state index contributed by atoms with van der Waals surface area (Å²) >= 11 is 0. The summed E-state index contributed by atoms with van der Waals surface area (Å²) < 4.78 is 10.2. The summed E-state index contributed by atoms with van der Waals surface area (Å²) in [6, 6.07) is -1.00. The zero-order valence-electron chi connectivity index (χ0n) is 12.3. The van der Waals surface area contributed by atoms with E-state index in [-0.39, 0.29) is 25.3 Å². The second kappa shape index (κ2) is 7.44. The maximum Gasteiger partial charge on any atom is 0.315 e. The number of carbonyl (C=O) groups excluding carboxylic acids is 1. The third-order valence-corrected chi connectivity index (χ3v) is 3.59. The molecular weight excluding hydrogens is 264 g/mol. The van der Waals surface area contributed by atoms with Crippen molar-refractivity contribution in [1.82, 2.24) is 10.6 Å². The lowest BCUT2D eigenvalue weighted by atomic mass is 9.85.